The van der Waals surface area contributed by atoms with Gasteiger partial charge in [0.25, 0.3) is 0 Å². The van der Waals surface area contributed by atoms with Crippen LogP contribution in [0.15, 0.2) is 18.5 Å². The molecule has 0 atom stereocenters. The predicted octanol–water partition coefficient (Wildman–Crippen LogP) is 1.15. The fourth-order valence-electron chi connectivity index (χ4n) is 1.89. The van der Waals surface area contributed by atoms with E-state index in [2.05, 4.69) is 4.98 Å². The molecule has 6 heteroatoms. The van der Waals surface area contributed by atoms with E-state index in [9.17, 15) is 9.59 Å². The van der Waals surface area contributed by atoms with Crippen molar-refractivity contribution in [3.05, 3.63) is 24.0 Å². The lowest BCUT2D eigenvalue weighted by Gasteiger charge is -2.32. The van der Waals surface area contributed by atoms with Crippen LogP contribution in [0.1, 0.15) is 45.0 Å². The Bertz CT molecular complexity index is 552. The summed E-state index contributed by atoms with van der Waals surface area (Å²) in [6.45, 7) is 9.04. The zero-order valence-corrected chi connectivity index (χ0v) is 12.4. The molecule has 1 saturated heterocycles. The van der Waals surface area contributed by atoms with Gasteiger partial charge in [0, 0.05) is 30.3 Å². The van der Waals surface area contributed by atoms with Gasteiger partial charge in [-0.05, 0) is 33.8 Å². The van der Waals surface area contributed by atoms with Crippen LogP contribution in [0.5, 0.6) is 0 Å². The van der Waals surface area contributed by atoms with Crippen LogP contribution in [0, 0.1) is 0 Å². The largest absolute Gasteiger partial charge is 0.496 e. The molecular formula is C14H18BNO4. The molecule has 0 amide bonds. The van der Waals surface area contributed by atoms with Crippen molar-refractivity contribution in [3.63, 3.8) is 0 Å². The van der Waals surface area contributed by atoms with Crippen molar-refractivity contribution in [3.8, 4) is 0 Å². The van der Waals surface area contributed by atoms with Gasteiger partial charge in [-0.2, -0.15) is 0 Å². The Kier molecular flexibility index (Phi) is 3.56. The maximum absolute atomic E-state index is 11.7. The summed E-state index contributed by atoms with van der Waals surface area (Å²) in [7, 11) is -0.591. The van der Waals surface area contributed by atoms with Crippen LogP contribution in [0.2, 0.25) is 0 Å². The van der Waals surface area contributed by atoms with E-state index in [0.717, 1.165) is 0 Å². The average molecular weight is 275 g/mol. The molecule has 2 heterocycles. The first kappa shape index (κ1) is 14.9. The second kappa shape index (κ2) is 4.79. The summed E-state index contributed by atoms with van der Waals surface area (Å²) in [5.41, 5.74) is -0.0308. The summed E-state index contributed by atoms with van der Waals surface area (Å²) in [6, 6.07) is 1.60. The number of rotatable bonds is 3. The lowest BCUT2D eigenvalue weighted by atomic mass is 9.79. The molecule has 0 spiro atoms. The van der Waals surface area contributed by atoms with Crippen molar-refractivity contribution in [2.24, 2.45) is 0 Å². The molecule has 0 aromatic carbocycles. The van der Waals surface area contributed by atoms with E-state index in [4.69, 9.17) is 9.31 Å². The van der Waals surface area contributed by atoms with Crippen LogP contribution in [-0.2, 0) is 14.1 Å². The van der Waals surface area contributed by atoms with E-state index in [1.165, 1.54) is 13.1 Å². The third-order valence-electron chi connectivity index (χ3n) is 3.87. The molecule has 1 aromatic rings. The van der Waals surface area contributed by atoms with Gasteiger partial charge in [-0.1, -0.05) is 0 Å². The van der Waals surface area contributed by atoms with Gasteiger partial charge < -0.3 is 9.31 Å². The molecule has 0 bridgehead atoms. The number of hydrogen-bond donors (Lipinski definition) is 0. The summed E-state index contributed by atoms with van der Waals surface area (Å²) in [5.74, 6) is -1.08. The molecule has 1 fully saturated rings. The number of hydrogen-bond acceptors (Lipinski definition) is 5. The lowest BCUT2D eigenvalue weighted by molar-refractivity contribution is -0.113. The molecule has 5 nitrogen and oxygen atoms in total. The standard InChI is InChI=1S/C14H18BNO4/c1-9(17)12(18)10-6-11(8-16-7-10)15-19-13(2,3)14(4,5)20-15/h6-8H,1-5H3. The van der Waals surface area contributed by atoms with Crippen molar-refractivity contribution < 1.29 is 18.9 Å². The van der Waals surface area contributed by atoms with Crippen molar-refractivity contribution >= 4 is 24.1 Å². The van der Waals surface area contributed by atoms with Gasteiger partial charge in [-0.25, -0.2) is 0 Å². The van der Waals surface area contributed by atoms with E-state index in [1.54, 1.807) is 12.3 Å². The Morgan fingerprint density at radius 3 is 2.15 bits per heavy atom. The van der Waals surface area contributed by atoms with Gasteiger partial charge >= 0.3 is 7.12 Å². The van der Waals surface area contributed by atoms with Crippen LogP contribution >= 0.6 is 0 Å². The summed E-state index contributed by atoms with van der Waals surface area (Å²) >= 11 is 0. The highest BCUT2D eigenvalue weighted by molar-refractivity contribution is 6.62. The number of carbonyl (C=O) groups is 2. The second-order valence-corrected chi connectivity index (χ2v) is 5.98. The maximum Gasteiger partial charge on any atom is 0.496 e. The fourth-order valence-corrected chi connectivity index (χ4v) is 1.89. The SMILES string of the molecule is CC(=O)C(=O)c1cncc(B2OC(C)(C)C(C)(C)O2)c1. The monoisotopic (exact) mass is 275 g/mol. The number of ketones is 2. The molecule has 1 aromatic heterocycles. The molecule has 106 valence electrons. The molecule has 1 aliphatic heterocycles. The molecule has 0 aliphatic carbocycles. The molecule has 2 rings (SSSR count). The Hall–Kier alpha value is -1.53. The van der Waals surface area contributed by atoms with Crippen LogP contribution in [-0.4, -0.2) is 34.9 Å². The van der Waals surface area contributed by atoms with Gasteiger partial charge in [-0.3, -0.25) is 14.6 Å². The quantitative estimate of drug-likeness (QED) is 0.470. The van der Waals surface area contributed by atoms with Gasteiger partial charge in [-0.15, -0.1) is 0 Å². The Morgan fingerprint density at radius 1 is 1.10 bits per heavy atom. The van der Waals surface area contributed by atoms with Crippen molar-refractivity contribution in [2.45, 2.75) is 45.8 Å². The van der Waals surface area contributed by atoms with E-state index in [0.29, 0.717) is 5.46 Å². The van der Waals surface area contributed by atoms with Crippen molar-refractivity contribution in [1.29, 1.82) is 0 Å². The summed E-state index contributed by atoms with van der Waals surface area (Å²) in [6.07, 6.45) is 2.96. The van der Waals surface area contributed by atoms with Crippen molar-refractivity contribution in [1.82, 2.24) is 4.98 Å². The first-order valence-corrected chi connectivity index (χ1v) is 6.50. The minimum absolute atomic E-state index is 0.254. The Morgan fingerprint density at radius 2 is 1.65 bits per heavy atom. The Labute approximate surface area is 118 Å². The second-order valence-electron chi connectivity index (χ2n) is 5.98. The molecule has 0 saturated carbocycles. The number of Topliss-reactive ketones (excluding diaryl/α,β-unsaturated/α-hetero) is 2. The van der Waals surface area contributed by atoms with Crippen molar-refractivity contribution in [2.75, 3.05) is 0 Å². The van der Waals surface area contributed by atoms with Crippen LogP contribution in [0.3, 0.4) is 0 Å². The first-order chi connectivity index (χ1) is 9.14. The van der Waals surface area contributed by atoms with Gasteiger partial charge in [0.15, 0.2) is 5.78 Å². The third kappa shape index (κ3) is 2.53. The number of aromatic nitrogens is 1. The smallest absolute Gasteiger partial charge is 0.399 e. The topological polar surface area (TPSA) is 65.5 Å². The van der Waals surface area contributed by atoms with Gasteiger partial charge in [0.05, 0.1) is 11.2 Å². The van der Waals surface area contributed by atoms with Crippen LogP contribution < -0.4 is 5.46 Å². The normalized spacial score (nSPS) is 19.9. The summed E-state index contributed by atoms with van der Waals surface area (Å²) in [5, 5.41) is 0. The average Bonchev–Trinajstić information content (AvgIpc) is 2.57. The third-order valence-corrected chi connectivity index (χ3v) is 3.87. The first-order valence-electron chi connectivity index (χ1n) is 6.50. The Balaban J connectivity index is 2.30. The fraction of sp³-hybridized carbons (Fsp3) is 0.500. The van der Waals surface area contributed by atoms with Crippen LogP contribution in [0.4, 0.5) is 0 Å². The van der Waals surface area contributed by atoms with Gasteiger partial charge in [0.2, 0.25) is 5.78 Å². The molecule has 0 radical (unpaired) electrons. The zero-order chi connectivity index (χ0) is 15.1. The minimum Gasteiger partial charge on any atom is -0.399 e. The summed E-state index contributed by atoms with van der Waals surface area (Å²) in [4.78, 5) is 26.8. The van der Waals surface area contributed by atoms with Gasteiger partial charge in [0.1, 0.15) is 0 Å². The van der Waals surface area contributed by atoms with E-state index in [-0.39, 0.29) is 5.56 Å². The van der Waals surface area contributed by atoms with Crippen LogP contribution in [0.25, 0.3) is 0 Å². The van der Waals surface area contributed by atoms with E-state index >= 15 is 0 Å². The molecular weight excluding hydrogens is 257 g/mol. The number of carbonyl (C=O) groups excluding carboxylic acids is 2. The van der Waals surface area contributed by atoms with E-state index in [1.807, 2.05) is 27.7 Å². The highest BCUT2D eigenvalue weighted by Gasteiger charge is 2.51. The highest BCUT2D eigenvalue weighted by atomic mass is 16.7. The zero-order valence-electron chi connectivity index (χ0n) is 12.4. The lowest BCUT2D eigenvalue weighted by Crippen LogP contribution is -2.41. The highest BCUT2D eigenvalue weighted by Crippen LogP contribution is 2.36. The molecule has 0 N–H and O–H groups in total. The number of pyridine rings is 1. The maximum atomic E-state index is 11.7. The molecule has 0 unspecified atom stereocenters. The van der Waals surface area contributed by atoms with E-state index < -0.39 is 29.9 Å². The minimum atomic E-state index is -0.591. The number of nitrogens with zero attached hydrogens (tertiary/aromatic N) is 1. The predicted molar refractivity (Wildman–Crippen MR) is 75.0 cm³/mol. The molecule has 20 heavy (non-hydrogen) atoms. The molecule has 1 aliphatic rings. The summed E-state index contributed by atoms with van der Waals surface area (Å²) < 4.78 is 11.8.